The molecule has 0 saturated carbocycles. The Labute approximate surface area is 176 Å². The number of nitrogens with zero attached hydrogens (tertiary/aromatic N) is 4. The number of anilines is 2. The van der Waals surface area contributed by atoms with Crippen molar-refractivity contribution >= 4 is 22.9 Å². The summed E-state index contributed by atoms with van der Waals surface area (Å²) in [5, 5.41) is 7.08. The van der Waals surface area contributed by atoms with Crippen LogP contribution < -0.4 is 15.0 Å². The maximum atomic E-state index is 13.6. The molecule has 3 aromatic rings. The quantitative estimate of drug-likeness (QED) is 0.687. The summed E-state index contributed by atoms with van der Waals surface area (Å²) in [6.45, 7) is 3.71. The summed E-state index contributed by atoms with van der Waals surface area (Å²) in [5.74, 6) is 0.0404. The minimum Gasteiger partial charge on any atom is -0.481 e. The Balaban J connectivity index is 1.52. The average Bonchev–Trinajstić information content (AvgIpc) is 3.34. The number of hydrogen-bond acceptors (Lipinski definition) is 6. The molecule has 1 saturated heterocycles. The minimum atomic E-state index is -2.63. The smallest absolute Gasteiger partial charge is 0.277 e. The van der Waals surface area contributed by atoms with Gasteiger partial charge in [0.05, 0.1) is 30.8 Å². The Kier molecular flexibility index (Phi) is 4.73. The van der Waals surface area contributed by atoms with Crippen molar-refractivity contribution in [2.24, 2.45) is 0 Å². The molecule has 0 spiro atoms. The predicted octanol–water partition coefficient (Wildman–Crippen LogP) is 2.78. The second kappa shape index (κ2) is 7.45. The Morgan fingerprint density at radius 2 is 2.10 bits per heavy atom. The van der Waals surface area contributed by atoms with Gasteiger partial charge in [-0.25, -0.2) is 18.3 Å². The summed E-state index contributed by atoms with van der Waals surface area (Å²) in [7, 11) is 0. The Hall–Kier alpha value is -3.27. The lowest BCUT2D eigenvalue weighted by molar-refractivity contribution is -0.0498. The lowest BCUT2D eigenvalue weighted by Gasteiger charge is -2.31. The highest BCUT2D eigenvalue weighted by molar-refractivity contribution is 6.09. The number of ether oxygens (including phenoxy) is 2. The molecule has 1 amide bonds. The molecule has 2 aliphatic heterocycles. The number of amides is 1. The molecule has 1 N–H and O–H groups in total. The van der Waals surface area contributed by atoms with Crippen molar-refractivity contribution in [3.63, 3.8) is 0 Å². The maximum Gasteiger partial charge on any atom is 0.277 e. The highest BCUT2D eigenvalue weighted by atomic mass is 19.3. The van der Waals surface area contributed by atoms with Crippen LogP contribution in [0.3, 0.4) is 0 Å². The lowest BCUT2D eigenvalue weighted by Crippen LogP contribution is -2.38. The van der Waals surface area contributed by atoms with E-state index in [4.69, 9.17) is 9.47 Å². The van der Waals surface area contributed by atoms with Gasteiger partial charge in [-0.05, 0) is 19.1 Å². The van der Waals surface area contributed by atoms with Crippen molar-refractivity contribution in [3.8, 4) is 5.75 Å². The molecule has 5 rings (SSSR count). The van der Waals surface area contributed by atoms with Crippen LogP contribution in [0.4, 0.5) is 20.2 Å². The van der Waals surface area contributed by atoms with Gasteiger partial charge in [-0.2, -0.15) is 5.10 Å². The Bertz CT molecular complexity index is 1150. The van der Waals surface area contributed by atoms with E-state index in [0.29, 0.717) is 60.2 Å². The van der Waals surface area contributed by atoms with Gasteiger partial charge in [-0.3, -0.25) is 4.79 Å². The molecule has 0 aliphatic carbocycles. The maximum absolute atomic E-state index is 13.6. The molecule has 10 heteroatoms. The monoisotopic (exact) mass is 429 g/mol. The van der Waals surface area contributed by atoms with E-state index in [0.717, 1.165) is 0 Å². The first kappa shape index (κ1) is 19.7. The number of aromatic nitrogens is 3. The van der Waals surface area contributed by atoms with Gasteiger partial charge in [0.2, 0.25) is 0 Å². The number of benzene rings is 1. The molecule has 0 bridgehead atoms. The van der Waals surface area contributed by atoms with Gasteiger partial charge in [0, 0.05) is 43.5 Å². The van der Waals surface area contributed by atoms with E-state index in [1.165, 1.54) is 17.6 Å². The van der Waals surface area contributed by atoms with Crippen molar-refractivity contribution in [3.05, 3.63) is 47.9 Å². The van der Waals surface area contributed by atoms with E-state index in [9.17, 15) is 13.6 Å². The topological polar surface area (TPSA) is 81.0 Å². The summed E-state index contributed by atoms with van der Waals surface area (Å²) in [4.78, 5) is 19.3. The number of rotatable bonds is 4. The summed E-state index contributed by atoms with van der Waals surface area (Å²) < 4.78 is 39.7. The number of hydrogen-bond donors (Lipinski definition) is 1. The Morgan fingerprint density at radius 1 is 1.29 bits per heavy atom. The van der Waals surface area contributed by atoms with Gasteiger partial charge >= 0.3 is 0 Å². The number of halogens is 2. The first-order chi connectivity index (χ1) is 14.9. The van der Waals surface area contributed by atoms with Gasteiger partial charge in [-0.15, -0.1) is 0 Å². The molecule has 1 aromatic carbocycles. The first-order valence-corrected chi connectivity index (χ1v) is 10.0. The molecule has 162 valence electrons. The minimum absolute atomic E-state index is 0.0601. The van der Waals surface area contributed by atoms with E-state index in [2.05, 4.69) is 20.3 Å². The third kappa shape index (κ3) is 3.46. The van der Waals surface area contributed by atoms with Crippen LogP contribution in [0.2, 0.25) is 0 Å². The van der Waals surface area contributed by atoms with Gasteiger partial charge in [-0.1, -0.05) is 0 Å². The second-order valence-corrected chi connectivity index (χ2v) is 7.87. The number of carbonyl (C=O) groups is 1. The number of fused-ring (bicyclic) bond motifs is 2. The van der Waals surface area contributed by atoms with E-state index >= 15 is 0 Å². The largest absolute Gasteiger partial charge is 0.481 e. The van der Waals surface area contributed by atoms with Gasteiger partial charge in [0.1, 0.15) is 11.3 Å². The molecular weight excluding hydrogens is 408 g/mol. The number of nitrogens with one attached hydrogen (secondary N) is 1. The van der Waals surface area contributed by atoms with E-state index in [1.807, 2.05) is 0 Å². The van der Waals surface area contributed by atoms with Crippen LogP contribution in [0, 0.1) is 0 Å². The second-order valence-electron chi connectivity index (χ2n) is 7.87. The molecule has 0 radical (unpaired) electrons. The molecule has 2 aliphatic rings. The van der Waals surface area contributed by atoms with Crippen LogP contribution >= 0.6 is 0 Å². The summed E-state index contributed by atoms with van der Waals surface area (Å²) in [6.07, 6.45) is 2.18. The zero-order chi connectivity index (χ0) is 21.6. The normalized spacial score (nSPS) is 20.7. The highest BCUT2D eigenvalue weighted by Crippen LogP contribution is 2.44. The van der Waals surface area contributed by atoms with Crippen molar-refractivity contribution in [2.75, 3.05) is 36.5 Å². The van der Waals surface area contributed by atoms with Crippen LogP contribution in [-0.2, 0) is 11.2 Å². The zero-order valence-corrected chi connectivity index (χ0v) is 16.8. The van der Waals surface area contributed by atoms with Gasteiger partial charge < -0.3 is 19.7 Å². The van der Waals surface area contributed by atoms with Crippen LogP contribution in [0.1, 0.15) is 22.8 Å². The van der Waals surface area contributed by atoms with Gasteiger partial charge in [0.15, 0.2) is 11.2 Å². The summed E-state index contributed by atoms with van der Waals surface area (Å²) >= 11 is 0. The van der Waals surface area contributed by atoms with Crippen molar-refractivity contribution in [1.82, 2.24) is 14.6 Å². The fraction of sp³-hybridized carbons (Fsp3) is 0.381. The van der Waals surface area contributed by atoms with E-state index in [1.54, 1.807) is 30.6 Å². The highest BCUT2D eigenvalue weighted by Gasteiger charge is 2.44. The van der Waals surface area contributed by atoms with Crippen LogP contribution in [0.25, 0.3) is 5.65 Å². The fourth-order valence-corrected chi connectivity index (χ4v) is 3.98. The van der Waals surface area contributed by atoms with Gasteiger partial charge in [0.25, 0.3) is 12.3 Å². The van der Waals surface area contributed by atoms with E-state index in [-0.39, 0.29) is 12.3 Å². The molecular formula is C21H21F2N5O3. The molecule has 31 heavy (non-hydrogen) atoms. The SMILES string of the molecule is C[C@]1(C(F)F)Cc2cc(NC(=O)c3cnn4cccnc34)c(N3CCOCC3)cc2O1. The molecule has 2 aromatic heterocycles. The number of alkyl halides is 2. The van der Waals surface area contributed by atoms with Crippen molar-refractivity contribution in [2.45, 2.75) is 25.4 Å². The van der Waals surface area contributed by atoms with Crippen LogP contribution in [0.5, 0.6) is 5.75 Å². The molecule has 4 heterocycles. The number of carbonyl (C=O) groups excluding carboxylic acids is 1. The standard InChI is InChI=1S/C21H21F2N5O3/c1-21(20(22)23)11-13-9-15(16(10-17(13)31-21)27-5-7-30-8-6-27)26-19(29)14-12-25-28-4-2-3-24-18(14)28/h2-4,9-10,12,20H,5-8,11H2,1H3,(H,26,29)/t21-/m1/s1. The lowest BCUT2D eigenvalue weighted by atomic mass is 9.99. The number of morpholine rings is 1. The van der Waals surface area contributed by atoms with Crippen LogP contribution in [-0.4, -0.2) is 58.8 Å². The summed E-state index contributed by atoms with van der Waals surface area (Å²) in [5.41, 5.74) is 1.04. The molecule has 8 nitrogen and oxygen atoms in total. The third-order valence-electron chi connectivity index (χ3n) is 5.65. The van der Waals surface area contributed by atoms with Crippen molar-refractivity contribution < 1.29 is 23.0 Å². The summed E-state index contributed by atoms with van der Waals surface area (Å²) in [6, 6.07) is 5.18. The average molecular weight is 429 g/mol. The Morgan fingerprint density at radius 3 is 2.87 bits per heavy atom. The molecule has 1 fully saturated rings. The first-order valence-electron chi connectivity index (χ1n) is 10.0. The van der Waals surface area contributed by atoms with E-state index < -0.39 is 12.0 Å². The van der Waals surface area contributed by atoms with Crippen molar-refractivity contribution in [1.29, 1.82) is 0 Å². The van der Waals surface area contributed by atoms with Crippen LogP contribution in [0.15, 0.2) is 36.8 Å². The zero-order valence-electron chi connectivity index (χ0n) is 16.8. The fourth-order valence-electron chi connectivity index (χ4n) is 3.98. The molecule has 0 unspecified atom stereocenters. The molecule has 1 atom stereocenters. The third-order valence-corrected chi connectivity index (χ3v) is 5.65. The predicted molar refractivity (Wildman–Crippen MR) is 109 cm³/mol.